The average Bonchev–Trinajstić information content (AvgIpc) is 2.33. The molecule has 1 rings (SSSR count). The van der Waals surface area contributed by atoms with Gasteiger partial charge in [0, 0.05) is 17.5 Å². The lowest BCUT2D eigenvalue weighted by molar-refractivity contribution is -0.159. The number of nitrogens with zero attached hydrogens (tertiary/aromatic N) is 1. The van der Waals surface area contributed by atoms with Crippen LogP contribution in [-0.2, 0) is 14.4 Å². The van der Waals surface area contributed by atoms with Crippen LogP contribution in [-0.4, -0.2) is 33.2 Å². The first-order chi connectivity index (χ1) is 6.54. The zero-order valence-corrected chi connectivity index (χ0v) is 7.73. The molecule has 1 heterocycles. The van der Waals surface area contributed by atoms with E-state index in [4.69, 9.17) is 32.0 Å². The Bertz CT molecular complexity index is 284. The van der Waals surface area contributed by atoms with Crippen LogP contribution in [0.2, 0.25) is 0 Å². The van der Waals surface area contributed by atoms with Gasteiger partial charge < -0.3 is 15.1 Å². The van der Waals surface area contributed by atoms with Crippen LogP contribution in [0.25, 0.3) is 0 Å². The van der Waals surface area contributed by atoms with Gasteiger partial charge in [-0.15, -0.1) is 0 Å². The van der Waals surface area contributed by atoms with Crippen LogP contribution in [0.5, 0.6) is 0 Å². The number of carboxylic acids is 2. The zero-order valence-electron chi connectivity index (χ0n) is 6.91. The Hall–Kier alpha value is -1.76. The van der Waals surface area contributed by atoms with E-state index in [-0.39, 0.29) is 0 Å². The van der Waals surface area contributed by atoms with Crippen molar-refractivity contribution >= 4 is 35.2 Å². The summed E-state index contributed by atoms with van der Waals surface area (Å²) < 4.78 is 0. The van der Waals surface area contributed by atoms with Crippen molar-refractivity contribution in [2.24, 2.45) is 5.16 Å². The highest BCUT2D eigenvalue weighted by atomic mass is 32.1. The number of rotatable bonds is 0. The van der Waals surface area contributed by atoms with Gasteiger partial charge in [-0.1, -0.05) is 17.4 Å². The highest BCUT2D eigenvalue weighted by molar-refractivity contribution is 7.80. The summed E-state index contributed by atoms with van der Waals surface area (Å²) in [6.07, 6.45) is 5.56. The Morgan fingerprint density at radius 1 is 1.43 bits per heavy atom. The van der Waals surface area contributed by atoms with Crippen molar-refractivity contribution in [1.29, 1.82) is 0 Å². The summed E-state index contributed by atoms with van der Waals surface area (Å²) in [5, 5.41) is 18.3. The molecule has 0 radical (unpaired) electrons. The number of oxime groups is 1. The molecule has 2 N–H and O–H groups in total. The van der Waals surface area contributed by atoms with Crippen LogP contribution >= 0.6 is 12.2 Å². The maximum absolute atomic E-state index is 9.10. The molecule has 0 atom stereocenters. The van der Waals surface area contributed by atoms with E-state index >= 15 is 0 Å². The van der Waals surface area contributed by atoms with Gasteiger partial charge in [0.1, 0.15) is 6.26 Å². The Kier molecular flexibility index (Phi) is 5.88. The van der Waals surface area contributed by atoms with E-state index in [1.165, 1.54) is 6.26 Å². The van der Waals surface area contributed by atoms with Gasteiger partial charge in [-0.05, 0) is 6.08 Å². The fourth-order valence-electron chi connectivity index (χ4n) is 0.380. The summed E-state index contributed by atoms with van der Waals surface area (Å²) in [7, 11) is 0. The first-order valence-electron chi connectivity index (χ1n) is 3.37. The fourth-order valence-corrected chi connectivity index (χ4v) is 0.510. The van der Waals surface area contributed by atoms with Crippen LogP contribution in [0.4, 0.5) is 0 Å². The highest BCUT2D eigenvalue weighted by Gasteiger charge is 2.04. The van der Waals surface area contributed by atoms with E-state index in [0.29, 0.717) is 6.42 Å². The standard InChI is InChI=1S/C5H5NOS.C2H2O4/c8-5-1-3-6-7-4-2-5;3-1(4)2(5)6/h2-4H,1H2;(H,3,4)(H,5,6). The third-order valence-corrected chi connectivity index (χ3v) is 1.23. The van der Waals surface area contributed by atoms with E-state index in [1.807, 2.05) is 0 Å². The van der Waals surface area contributed by atoms with Crippen molar-refractivity contribution in [3.05, 3.63) is 12.3 Å². The van der Waals surface area contributed by atoms with E-state index in [1.54, 1.807) is 12.3 Å². The van der Waals surface area contributed by atoms with Crippen LogP contribution < -0.4 is 0 Å². The van der Waals surface area contributed by atoms with Crippen molar-refractivity contribution in [1.82, 2.24) is 0 Å². The smallest absolute Gasteiger partial charge is 0.414 e. The first-order valence-corrected chi connectivity index (χ1v) is 3.78. The van der Waals surface area contributed by atoms with Crippen molar-refractivity contribution in [3.8, 4) is 0 Å². The fraction of sp³-hybridized carbons (Fsp3) is 0.143. The quantitative estimate of drug-likeness (QED) is 0.451. The van der Waals surface area contributed by atoms with Gasteiger partial charge >= 0.3 is 11.9 Å². The molecule has 1 aliphatic heterocycles. The minimum atomic E-state index is -1.82. The molecule has 6 nitrogen and oxygen atoms in total. The van der Waals surface area contributed by atoms with Crippen LogP contribution in [0.3, 0.4) is 0 Å². The number of hydrogen-bond acceptors (Lipinski definition) is 5. The Balaban J connectivity index is 0.000000255. The maximum atomic E-state index is 9.10. The SMILES string of the molecule is O=C(O)C(=O)O.S=C1C=CON=CC1. The third kappa shape index (κ3) is 6.92. The Labute approximate surface area is 84.5 Å². The van der Waals surface area contributed by atoms with Crippen LogP contribution in [0, 0.1) is 0 Å². The molecule has 0 saturated carbocycles. The molecule has 0 amide bonds. The summed E-state index contributed by atoms with van der Waals surface area (Å²) in [5.41, 5.74) is 0. The Morgan fingerprint density at radius 2 is 2.00 bits per heavy atom. The summed E-state index contributed by atoms with van der Waals surface area (Å²) in [4.78, 5) is 23.6. The molecule has 0 aromatic heterocycles. The highest BCUT2D eigenvalue weighted by Crippen LogP contribution is 1.92. The van der Waals surface area contributed by atoms with Gasteiger partial charge in [-0.2, -0.15) is 0 Å². The molecule has 76 valence electrons. The van der Waals surface area contributed by atoms with Gasteiger partial charge in [0.25, 0.3) is 0 Å². The van der Waals surface area contributed by atoms with Crippen LogP contribution in [0.15, 0.2) is 17.5 Å². The molecule has 14 heavy (non-hydrogen) atoms. The lowest BCUT2D eigenvalue weighted by Crippen LogP contribution is -2.09. The largest absolute Gasteiger partial charge is 0.473 e. The number of carbonyl (C=O) groups is 2. The summed E-state index contributed by atoms with van der Waals surface area (Å²) >= 11 is 4.83. The molecule has 7 heteroatoms. The van der Waals surface area contributed by atoms with Gasteiger partial charge in [0.2, 0.25) is 0 Å². The van der Waals surface area contributed by atoms with Gasteiger partial charge in [-0.3, -0.25) is 0 Å². The second-order valence-corrected chi connectivity index (χ2v) is 2.50. The number of allylic oxidation sites excluding steroid dienone is 1. The van der Waals surface area contributed by atoms with Crippen LogP contribution in [0.1, 0.15) is 6.42 Å². The molecule has 0 aliphatic carbocycles. The number of thiocarbonyl (C=S) groups is 1. The minimum Gasteiger partial charge on any atom is -0.473 e. The molecule has 0 spiro atoms. The maximum Gasteiger partial charge on any atom is 0.414 e. The van der Waals surface area contributed by atoms with Gasteiger partial charge in [0.15, 0.2) is 0 Å². The molecule has 0 unspecified atom stereocenters. The third-order valence-electron chi connectivity index (χ3n) is 0.926. The van der Waals surface area contributed by atoms with E-state index in [2.05, 4.69) is 9.99 Å². The van der Waals surface area contributed by atoms with Gasteiger partial charge in [-0.25, -0.2) is 9.59 Å². The predicted octanol–water partition coefficient (Wildman–Crippen LogP) is 0.432. The second-order valence-electron chi connectivity index (χ2n) is 1.98. The lowest BCUT2D eigenvalue weighted by Gasteiger charge is -1.79. The first kappa shape index (κ1) is 12.2. The van der Waals surface area contributed by atoms with E-state index in [9.17, 15) is 0 Å². The van der Waals surface area contributed by atoms with Crippen molar-refractivity contribution in [2.45, 2.75) is 6.42 Å². The summed E-state index contributed by atoms with van der Waals surface area (Å²) in [5.74, 6) is -3.65. The normalized spacial score (nSPS) is 13.3. The average molecular weight is 217 g/mol. The lowest BCUT2D eigenvalue weighted by atomic mass is 10.3. The number of carboxylic acid groups (broad SMARTS) is 2. The summed E-state index contributed by atoms with van der Waals surface area (Å²) in [6.45, 7) is 0. The number of aliphatic carboxylic acids is 2. The molecule has 0 saturated heterocycles. The Morgan fingerprint density at radius 3 is 2.50 bits per heavy atom. The zero-order chi connectivity index (χ0) is 11.0. The molecule has 0 bridgehead atoms. The van der Waals surface area contributed by atoms with E-state index < -0.39 is 11.9 Å². The summed E-state index contributed by atoms with van der Waals surface area (Å²) in [6, 6.07) is 0. The van der Waals surface area contributed by atoms with Crippen molar-refractivity contribution < 1.29 is 24.6 Å². The monoisotopic (exact) mass is 217 g/mol. The molecule has 0 aromatic rings. The van der Waals surface area contributed by atoms with Crippen molar-refractivity contribution in [2.75, 3.05) is 0 Å². The van der Waals surface area contributed by atoms with Crippen molar-refractivity contribution in [3.63, 3.8) is 0 Å². The van der Waals surface area contributed by atoms with Gasteiger partial charge in [0.05, 0.1) is 0 Å². The molecule has 0 fully saturated rings. The molecular weight excluding hydrogens is 210 g/mol. The minimum absolute atomic E-state index is 0.714. The van der Waals surface area contributed by atoms with E-state index in [0.717, 1.165) is 4.86 Å². The molecule has 1 aliphatic rings. The molecular formula is C7H7NO5S. The molecule has 0 aromatic carbocycles. The second kappa shape index (κ2) is 6.72. The predicted molar refractivity (Wildman–Crippen MR) is 51.2 cm³/mol. The topological polar surface area (TPSA) is 96.2 Å². The number of hydrogen-bond donors (Lipinski definition) is 2.